The molecule has 5 aromatic carbocycles. The number of carbonyl (C=O) groups is 3. The molecule has 0 fully saturated rings. The summed E-state index contributed by atoms with van der Waals surface area (Å²) in [6.45, 7) is 5.29. The number of ether oxygens (including phenoxy) is 7. The van der Waals surface area contributed by atoms with E-state index in [1.807, 2.05) is 67.0 Å². The van der Waals surface area contributed by atoms with Gasteiger partial charge >= 0.3 is 0 Å². The third kappa shape index (κ3) is 10.4. The number of methoxy groups -OCH3 is 3. The minimum absolute atomic E-state index is 0.118. The number of anilines is 3. The van der Waals surface area contributed by atoms with Crippen molar-refractivity contribution in [3.63, 3.8) is 0 Å². The van der Waals surface area contributed by atoms with Crippen LogP contribution >= 0.6 is 0 Å². The van der Waals surface area contributed by atoms with Crippen molar-refractivity contribution in [2.45, 2.75) is 57.9 Å². The predicted octanol–water partition coefficient (Wildman–Crippen LogP) is 8.29. The van der Waals surface area contributed by atoms with Crippen molar-refractivity contribution in [1.82, 2.24) is 0 Å². The van der Waals surface area contributed by atoms with Crippen molar-refractivity contribution in [1.29, 1.82) is 0 Å². The summed E-state index contributed by atoms with van der Waals surface area (Å²) in [5, 5.41) is 0. The molecule has 0 aliphatic carbocycles. The first-order chi connectivity index (χ1) is 33.7. The molecule has 0 N–H and O–H groups in total. The zero-order valence-corrected chi connectivity index (χ0v) is 39.5. The van der Waals surface area contributed by atoms with E-state index in [0.717, 1.165) is 39.3 Å². The zero-order chi connectivity index (χ0) is 47.9. The van der Waals surface area contributed by atoms with Gasteiger partial charge in [-0.15, -0.1) is 0 Å². The Balaban J connectivity index is 0.988. The van der Waals surface area contributed by atoms with Gasteiger partial charge in [0.15, 0.2) is 23.0 Å². The van der Waals surface area contributed by atoms with Crippen LogP contribution in [0.1, 0.15) is 62.7 Å². The lowest BCUT2D eigenvalue weighted by Crippen LogP contribution is -2.37. The Hall–Kier alpha value is -7.07. The van der Waals surface area contributed by atoms with Crippen molar-refractivity contribution >= 4 is 58.5 Å². The number of hydrogen-bond acceptors (Lipinski definition) is 13. The Kier molecular flexibility index (Phi) is 14.6. The van der Waals surface area contributed by atoms with Crippen LogP contribution in [0.5, 0.6) is 23.0 Å². The SMILES string of the molecule is COCCOCCOCCN(CCCC(C)=O)c1cc(COc2cc3c(cc2OC)C(=O)N2c4ccccc4C[C@H]2C=N3)cc(COc2cc3c(cc2OC)C(=O)N2c4ccccc4C[C@H]2C=N3)c1. The minimum atomic E-state index is -0.198. The van der Waals surface area contributed by atoms with Crippen LogP contribution in [0.4, 0.5) is 28.4 Å². The second kappa shape index (κ2) is 21.5. The molecule has 0 saturated heterocycles. The number of rotatable bonds is 22. The maximum Gasteiger partial charge on any atom is 0.261 e. The Labute approximate surface area is 402 Å². The van der Waals surface area contributed by atoms with Crippen molar-refractivity contribution < 1.29 is 47.5 Å². The number of para-hydroxylation sites is 2. The van der Waals surface area contributed by atoms with Gasteiger partial charge in [-0.2, -0.15) is 0 Å². The van der Waals surface area contributed by atoms with Crippen LogP contribution in [0.25, 0.3) is 0 Å². The predicted molar refractivity (Wildman–Crippen MR) is 265 cm³/mol. The van der Waals surface area contributed by atoms with Gasteiger partial charge in [-0.05, 0) is 78.1 Å². The summed E-state index contributed by atoms with van der Waals surface area (Å²) in [7, 11) is 4.74. The van der Waals surface area contributed by atoms with E-state index in [-0.39, 0.29) is 42.9 Å². The number of nitrogens with zero attached hydrogens (tertiary/aromatic N) is 5. The van der Waals surface area contributed by atoms with Gasteiger partial charge < -0.3 is 42.9 Å². The second-order valence-corrected chi connectivity index (χ2v) is 17.3. The maximum absolute atomic E-state index is 14.1. The lowest BCUT2D eigenvalue weighted by Gasteiger charge is -2.26. The molecule has 358 valence electrons. The van der Waals surface area contributed by atoms with E-state index in [9.17, 15) is 14.4 Å². The molecule has 0 spiro atoms. The van der Waals surface area contributed by atoms with Crippen molar-refractivity contribution in [3.8, 4) is 23.0 Å². The molecule has 15 heteroatoms. The second-order valence-electron chi connectivity index (χ2n) is 17.3. The fourth-order valence-corrected chi connectivity index (χ4v) is 9.32. The molecule has 0 radical (unpaired) electrons. The molecule has 9 rings (SSSR count). The molecule has 2 atom stereocenters. The van der Waals surface area contributed by atoms with E-state index < -0.39 is 0 Å². The van der Waals surface area contributed by atoms with E-state index in [1.54, 1.807) is 62.3 Å². The lowest BCUT2D eigenvalue weighted by molar-refractivity contribution is -0.117. The van der Waals surface area contributed by atoms with Gasteiger partial charge in [-0.3, -0.25) is 29.4 Å². The number of fused-ring (bicyclic) bond motifs is 8. The Morgan fingerprint density at radius 1 is 0.623 bits per heavy atom. The Morgan fingerprint density at radius 3 is 1.64 bits per heavy atom. The minimum Gasteiger partial charge on any atom is -0.493 e. The highest BCUT2D eigenvalue weighted by Crippen LogP contribution is 2.43. The van der Waals surface area contributed by atoms with E-state index in [2.05, 4.69) is 17.0 Å². The Morgan fingerprint density at radius 2 is 1.13 bits per heavy atom. The molecule has 0 aromatic heterocycles. The number of amides is 2. The fraction of sp³-hybridized carbons (Fsp3) is 0.352. The molecular formula is C54H57N5O10. The van der Waals surface area contributed by atoms with Crippen LogP contribution in [-0.4, -0.2) is 110 Å². The Bertz CT molecular complexity index is 2610. The first kappa shape index (κ1) is 47.0. The van der Waals surface area contributed by atoms with Crippen molar-refractivity contribution in [2.75, 3.05) is 82.2 Å². The molecule has 15 nitrogen and oxygen atoms in total. The van der Waals surface area contributed by atoms with Crippen LogP contribution in [-0.2, 0) is 45.1 Å². The van der Waals surface area contributed by atoms with Crippen LogP contribution in [0.15, 0.2) is 101 Å². The number of carbonyl (C=O) groups excluding carboxylic acids is 3. The van der Waals surface area contributed by atoms with E-state index in [0.29, 0.717) is 117 Å². The van der Waals surface area contributed by atoms with E-state index >= 15 is 0 Å². The van der Waals surface area contributed by atoms with Crippen molar-refractivity contribution in [3.05, 3.63) is 124 Å². The molecule has 69 heavy (non-hydrogen) atoms. The first-order valence-corrected chi connectivity index (χ1v) is 23.4. The highest BCUT2D eigenvalue weighted by molar-refractivity contribution is 6.16. The molecule has 5 aromatic rings. The van der Waals surface area contributed by atoms with Gasteiger partial charge in [0.1, 0.15) is 19.0 Å². The van der Waals surface area contributed by atoms with Gasteiger partial charge in [0.05, 0.1) is 81.8 Å². The molecule has 2 amide bonds. The molecule has 0 unspecified atom stereocenters. The largest absolute Gasteiger partial charge is 0.493 e. The number of ketones is 1. The van der Waals surface area contributed by atoms with Crippen molar-refractivity contribution in [2.24, 2.45) is 9.98 Å². The number of benzene rings is 5. The highest BCUT2D eigenvalue weighted by Gasteiger charge is 2.38. The number of Topliss-reactive ketones (excluding diaryl/α,β-unsaturated/α-hetero) is 1. The van der Waals surface area contributed by atoms with Crippen LogP contribution in [0.2, 0.25) is 0 Å². The average molecular weight is 936 g/mol. The first-order valence-electron chi connectivity index (χ1n) is 23.4. The monoisotopic (exact) mass is 935 g/mol. The summed E-state index contributed by atoms with van der Waals surface area (Å²) in [6, 6.07) is 28.5. The molecule has 4 heterocycles. The van der Waals surface area contributed by atoms with Gasteiger partial charge in [0.2, 0.25) is 0 Å². The summed E-state index contributed by atoms with van der Waals surface area (Å²) in [6.07, 6.45) is 6.12. The third-order valence-electron chi connectivity index (χ3n) is 12.7. The molecule has 4 aliphatic heterocycles. The molecule has 0 saturated carbocycles. The van der Waals surface area contributed by atoms with Crippen LogP contribution in [0.3, 0.4) is 0 Å². The van der Waals surface area contributed by atoms with Crippen LogP contribution < -0.4 is 33.6 Å². The van der Waals surface area contributed by atoms with Gasteiger partial charge in [-0.1, -0.05) is 36.4 Å². The van der Waals surface area contributed by atoms with Gasteiger partial charge in [0, 0.05) is 81.1 Å². The van der Waals surface area contributed by atoms with E-state index in [4.69, 9.17) is 43.1 Å². The number of aliphatic imine (C=N–C) groups is 2. The topological polar surface area (TPSA) is 150 Å². The quantitative estimate of drug-likeness (QED) is 0.0617. The molecule has 0 bridgehead atoms. The fourth-order valence-electron chi connectivity index (χ4n) is 9.32. The van der Waals surface area contributed by atoms with E-state index in [1.165, 1.54) is 0 Å². The summed E-state index contributed by atoms with van der Waals surface area (Å²) in [5.41, 5.74) is 8.36. The summed E-state index contributed by atoms with van der Waals surface area (Å²) >= 11 is 0. The van der Waals surface area contributed by atoms with Crippen LogP contribution in [0, 0.1) is 0 Å². The maximum atomic E-state index is 14.1. The lowest BCUT2D eigenvalue weighted by atomic mass is 10.1. The molecular weight excluding hydrogens is 879 g/mol. The smallest absolute Gasteiger partial charge is 0.261 e. The third-order valence-corrected chi connectivity index (χ3v) is 12.7. The molecule has 4 aliphatic rings. The summed E-state index contributed by atoms with van der Waals surface area (Å²) < 4.78 is 41.4. The van der Waals surface area contributed by atoms with Gasteiger partial charge in [0.25, 0.3) is 11.8 Å². The average Bonchev–Trinajstić information content (AvgIpc) is 3.85. The number of hydrogen-bond donors (Lipinski definition) is 0. The summed E-state index contributed by atoms with van der Waals surface area (Å²) in [4.78, 5) is 55.7. The zero-order valence-electron chi connectivity index (χ0n) is 39.5. The normalized spacial score (nSPS) is 16.2. The van der Waals surface area contributed by atoms with Gasteiger partial charge in [-0.25, -0.2) is 0 Å². The highest BCUT2D eigenvalue weighted by atomic mass is 16.5. The standard InChI is InChI=1S/C54H57N5O10/c1-35(60)10-9-15-57(16-17-66-20-21-67-19-18-63-2)40-23-36(33-68-51-29-45-43(27-49(51)64-3)53(61)58-41(31-55-45)25-38-11-5-7-13-47(38)58)22-37(24-40)34-69-52-30-46-44(28-50(52)65-4)54(62)59-42(32-56-46)26-39-12-6-8-14-48(39)59/h5-8,11-14,22-24,27-32,41-42H,9-10,15-21,25-26,33-34H2,1-4H3/t41-,42-/m0/s1. The summed E-state index contributed by atoms with van der Waals surface area (Å²) in [5.74, 6) is 1.48.